The van der Waals surface area contributed by atoms with Crippen LogP contribution in [0.3, 0.4) is 0 Å². The van der Waals surface area contributed by atoms with Crippen LogP contribution in [0.15, 0.2) is 49.3 Å². The molecule has 208 valence electrons. The Labute approximate surface area is 230 Å². The highest BCUT2D eigenvalue weighted by Crippen LogP contribution is 2.41. The van der Waals surface area contributed by atoms with Crippen LogP contribution in [0.2, 0.25) is 0 Å². The summed E-state index contributed by atoms with van der Waals surface area (Å²) in [4.78, 5) is 37.9. The van der Waals surface area contributed by atoms with E-state index in [1.807, 2.05) is 0 Å². The van der Waals surface area contributed by atoms with Gasteiger partial charge in [-0.1, -0.05) is 12.6 Å². The van der Waals surface area contributed by atoms with Crippen molar-refractivity contribution in [3.8, 4) is 17.0 Å². The molecule has 0 radical (unpaired) electrons. The van der Waals surface area contributed by atoms with E-state index in [4.69, 9.17) is 15.3 Å². The summed E-state index contributed by atoms with van der Waals surface area (Å²) < 4.78 is 35.8. The molecule has 11 heteroatoms. The molecule has 1 aliphatic carbocycles. The monoisotopic (exact) mass is 549 g/mol. The van der Waals surface area contributed by atoms with Crippen molar-refractivity contribution in [1.82, 2.24) is 15.0 Å². The molecule has 1 aromatic heterocycles. The Morgan fingerprint density at radius 2 is 1.88 bits per heavy atom. The maximum absolute atomic E-state index is 14.8. The zero-order chi connectivity index (χ0) is 28.4. The van der Waals surface area contributed by atoms with Crippen molar-refractivity contribution in [3.63, 3.8) is 0 Å². The second-order valence-corrected chi connectivity index (χ2v) is 9.89. The van der Waals surface area contributed by atoms with E-state index in [1.54, 1.807) is 13.0 Å². The molecule has 2 fully saturated rings. The van der Waals surface area contributed by atoms with Crippen molar-refractivity contribution >= 4 is 23.4 Å². The first-order valence-corrected chi connectivity index (χ1v) is 13.0. The molecule has 3 aromatic rings. The van der Waals surface area contributed by atoms with Gasteiger partial charge in [0, 0.05) is 43.3 Å². The van der Waals surface area contributed by atoms with Crippen molar-refractivity contribution < 1.29 is 27.9 Å². The van der Waals surface area contributed by atoms with Crippen LogP contribution in [0.5, 0.6) is 5.75 Å². The second-order valence-electron chi connectivity index (χ2n) is 9.89. The fourth-order valence-electron chi connectivity index (χ4n) is 4.70. The van der Waals surface area contributed by atoms with Gasteiger partial charge in [-0.05, 0) is 61.1 Å². The molecular weight excluding hydrogens is 520 g/mol. The Morgan fingerprint density at radius 3 is 2.55 bits per heavy atom. The molecule has 1 aliphatic heterocycles. The van der Waals surface area contributed by atoms with Gasteiger partial charge >= 0.3 is 5.97 Å². The maximum Gasteiger partial charge on any atom is 0.349 e. The van der Waals surface area contributed by atoms with Gasteiger partial charge in [0.25, 0.3) is 5.91 Å². The normalized spacial score (nSPS) is 15.9. The van der Waals surface area contributed by atoms with Gasteiger partial charge in [-0.3, -0.25) is 4.79 Å². The van der Waals surface area contributed by atoms with Crippen LogP contribution in [-0.4, -0.2) is 46.1 Å². The molecule has 3 N–H and O–H groups in total. The number of anilines is 2. The highest BCUT2D eigenvalue weighted by molar-refractivity contribution is 6.05. The SMILES string of the molecule is C=CC(=O)ON1CCC(Oc2c(N)ncnc2-c2cc(F)cc(NC(=O)c3ccc(C4CC4)cc3F)c2C)CC1. The van der Waals surface area contributed by atoms with Gasteiger partial charge < -0.3 is 20.6 Å². The van der Waals surface area contributed by atoms with E-state index in [0.717, 1.165) is 24.5 Å². The van der Waals surface area contributed by atoms with Gasteiger partial charge in [0.15, 0.2) is 11.6 Å². The molecule has 0 atom stereocenters. The molecule has 2 aromatic carbocycles. The number of amides is 1. The fourth-order valence-corrected chi connectivity index (χ4v) is 4.70. The lowest BCUT2D eigenvalue weighted by molar-refractivity contribution is -0.191. The molecule has 0 bridgehead atoms. The van der Waals surface area contributed by atoms with Crippen molar-refractivity contribution in [2.24, 2.45) is 0 Å². The maximum atomic E-state index is 14.8. The number of rotatable bonds is 8. The zero-order valence-electron chi connectivity index (χ0n) is 22.0. The van der Waals surface area contributed by atoms with Crippen LogP contribution >= 0.6 is 0 Å². The lowest BCUT2D eigenvalue weighted by atomic mass is 10.0. The van der Waals surface area contributed by atoms with Crippen molar-refractivity contribution in [3.05, 3.63) is 77.6 Å². The lowest BCUT2D eigenvalue weighted by Crippen LogP contribution is -2.39. The summed E-state index contributed by atoms with van der Waals surface area (Å²) in [6.45, 7) is 5.94. The van der Waals surface area contributed by atoms with E-state index in [-0.39, 0.29) is 34.6 Å². The summed E-state index contributed by atoms with van der Waals surface area (Å²) in [5.74, 6) is -1.90. The first kappa shape index (κ1) is 27.2. The minimum absolute atomic E-state index is 0.0672. The van der Waals surface area contributed by atoms with E-state index < -0.39 is 23.5 Å². The third-order valence-corrected chi connectivity index (χ3v) is 7.06. The highest BCUT2D eigenvalue weighted by Gasteiger charge is 2.27. The minimum Gasteiger partial charge on any atom is -0.484 e. The number of nitrogens with zero attached hydrogens (tertiary/aromatic N) is 3. The Hall–Kier alpha value is -4.38. The van der Waals surface area contributed by atoms with Crippen LogP contribution in [0.1, 0.15) is 53.1 Å². The number of hydrogen-bond donors (Lipinski definition) is 2. The molecule has 0 unspecified atom stereocenters. The van der Waals surface area contributed by atoms with Crippen molar-refractivity contribution in [2.75, 3.05) is 24.1 Å². The third-order valence-electron chi connectivity index (χ3n) is 7.06. The summed E-state index contributed by atoms with van der Waals surface area (Å²) in [6, 6.07) is 7.02. The summed E-state index contributed by atoms with van der Waals surface area (Å²) >= 11 is 0. The van der Waals surface area contributed by atoms with Gasteiger partial charge in [0.1, 0.15) is 29.8 Å². The summed E-state index contributed by atoms with van der Waals surface area (Å²) in [5.41, 5.74) is 8.12. The molecule has 5 rings (SSSR count). The van der Waals surface area contributed by atoms with E-state index in [9.17, 15) is 18.4 Å². The number of aromatic nitrogens is 2. The number of halogens is 2. The number of nitrogens with two attached hydrogens (primary N) is 1. The van der Waals surface area contributed by atoms with Crippen molar-refractivity contribution in [2.45, 2.75) is 44.6 Å². The van der Waals surface area contributed by atoms with E-state index in [1.165, 1.54) is 35.7 Å². The number of hydroxylamine groups is 2. The predicted molar refractivity (Wildman–Crippen MR) is 144 cm³/mol. The van der Waals surface area contributed by atoms with Crippen LogP contribution in [-0.2, 0) is 9.63 Å². The Morgan fingerprint density at radius 1 is 1.12 bits per heavy atom. The highest BCUT2D eigenvalue weighted by atomic mass is 19.1. The Balaban J connectivity index is 1.37. The van der Waals surface area contributed by atoms with Gasteiger partial charge in [-0.15, -0.1) is 5.06 Å². The summed E-state index contributed by atoms with van der Waals surface area (Å²) in [6.07, 6.45) is 5.11. The molecule has 1 saturated heterocycles. The number of carbonyl (C=O) groups excluding carboxylic acids is 2. The van der Waals surface area contributed by atoms with Crippen LogP contribution in [0.25, 0.3) is 11.3 Å². The molecule has 40 heavy (non-hydrogen) atoms. The van der Waals surface area contributed by atoms with E-state index >= 15 is 0 Å². The van der Waals surface area contributed by atoms with Crippen LogP contribution in [0, 0.1) is 18.6 Å². The van der Waals surface area contributed by atoms with Gasteiger partial charge in [0.2, 0.25) is 0 Å². The van der Waals surface area contributed by atoms with Crippen LogP contribution < -0.4 is 15.8 Å². The van der Waals surface area contributed by atoms with Gasteiger partial charge in [-0.2, -0.15) is 0 Å². The third kappa shape index (κ3) is 5.94. The first-order valence-electron chi connectivity index (χ1n) is 13.0. The molecule has 2 aliphatic rings. The Bertz CT molecular complexity index is 1470. The molecule has 1 amide bonds. The smallest absolute Gasteiger partial charge is 0.349 e. The standard InChI is InChI=1S/C29H29F2N5O4/c1-3-25(37)40-36-10-8-20(9-11-36)39-27-26(33-15-34-28(27)32)22-13-19(30)14-24(16(22)2)35-29(38)21-7-6-18(12-23(21)31)17-4-5-17/h3,6-7,12-15,17,20H,1,4-5,8-11H2,2H3,(H,35,38)(H2,32,33,34). The lowest BCUT2D eigenvalue weighted by Gasteiger charge is -2.31. The topological polar surface area (TPSA) is 120 Å². The first-order chi connectivity index (χ1) is 19.2. The van der Waals surface area contributed by atoms with E-state index in [0.29, 0.717) is 43.0 Å². The second kappa shape index (κ2) is 11.4. The molecule has 0 spiro atoms. The summed E-state index contributed by atoms with van der Waals surface area (Å²) in [5, 5.41) is 4.17. The fraction of sp³-hybridized carbons (Fsp3) is 0.310. The average Bonchev–Trinajstić information content (AvgIpc) is 3.78. The minimum atomic E-state index is -0.693. The van der Waals surface area contributed by atoms with Gasteiger partial charge in [-0.25, -0.2) is 23.5 Å². The summed E-state index contributed by atoms with van der Waals surface area (Å²) in [7, 11) is 0. The molecule has 2 heterocycles. The largest absolute Gasteiger partial charge is 0.484 e. The van der Waals surface area contributed by atoms with E-state index in [2.05, 4.69) is 21.9 Å². The molecular formula is C29H29F2N5O4. The molecule has 1 saturated carbocycles. The number of benzene rings is 2. The van der Waals surface area contributed by atoms with Crippen LogP contribution in [0.4, 0.5) is 20.3 Å². The van der Waals surface area contributed by atoms with Crippen molar-refractivity contribution in [1.29, 1.82) is 0 Å². The average molecular weight is 550 g/mol. The number of hydrogen-bond acceptors (Lipinski definition) is 8. The number of ether oxygens (including phenoxy) is 1. The number of nitrogen functional groups attached to an aromatic ring is 1. The quantitative estimate of drug-likeness (QED) is 0.380. The van der Waals surface area contributed by atoms with Gasteiger partial charge in [0.05, 0.1) is 5.56 Å². The predicted octanol–water partition coefficient (Wildman–Crippen LogP) is 4.93. The molecule has 9 nitrogen and oxygen atoms in total. The number of carbonyl (C=O) groups is 2. The number of nitrogens with one attached hydrogen (secondary N) is 1. The zero-order valence-corrected chi connectivity index (χ0v) is 22.0. The Kier molecular flexibility index (Phi) is 7.74. The number of piperidine rings is 1.